The molecule has 0 atom stereocenters. The van der Waals surface area contributed by atoms with E-state index in [-0.39, 0.29) is 37.8 Å². The molecule has 0 unspecified atom stereocenters. The number of hydrogen-bond acceptors (Lipinski definition) is 12. The summed E-state index contributed by atoms with van der Waals surface area (Å²) in [6, 6.07) is 0.156. The Kier molecular flexibility index (Phi) is 15.2. The molecule has 224 valence electrons. The number of ether oxygens (including phenoxy) is 4. The van der Waals surface area contributed by atoms with E-state index >= 15 is 0 Å². The smallest absolute Gasteiger partial charge is 0.407 e. The van der Waals surface area contributed by atoms with Crippen LogP contribution in [-0.4, -0.2) is 107 Å². The topological polar surface area (TPSA) is 169 Å². The summed E-state index contributed by atoms with van der Waals surface area (Å²) in [5.41, 5.74) is -1.13. The van der Waals surface area contributed by atoms with Gasteiger partial charge in [-0.3, -0.25) is 4.90 Å². The molecule has 39 heavy (non-hydrogen) atoms. The van der Waals surface area contributed by atoms with Crippen molar-refractivity contribution >= 4 is 18.1 Å². The van der Waals surface area contributed by atoms with Gasteiger partial charge >= 0.3 is 24.2 Å². The third-order valence-corrected chi connectivity index (χ3v) is 4.61. The molecule has 0 radical (unpaired) electrons. The molecule has 0 fully saturated rings. The second kappa shape index (κ2) is 17.5. The maximum absolute atomic E-state index is 11.8. The van der Waals surface area contributed by atoms with Gasteiger partial charge in [0.1, 0.15) is 11.2 Å². The molecule has 2 amide bonds. The normalized spacial score (nSPS) is 11.6. The minimum Gasteiger partial charge on any atom is -0.463 e. The summed E-state index contributed by atoms with van der Waals surface area (Å²) < 4.78 is 21.8. The lowest BCUT2D eigenvalue weighted by atomic mass is 10.2. The van der Waals surface area contributed by atoms with Crippen molar-refractivity contribution in [1.82, 2.24) is 30.5 Å². The van der Waals surface area contributed by atoms with Crippen LogP contribution in [0.3, 0.4) is 0 Å². The van der Waals surface area contributed by atoms with Gasteiger partial charge in [-0.1, -0.05) is 6.92 Å². The average molecular weight is 558 g/mol. The van der Waals surface area contributed by atoms with Crippen LogP contribution in [0.5, 0.6) is 12.0 Å². The van der Waals surface area contributed by atoms with Crippen molar-refractivity contribution in [3.63, 3.8) is 0 Å². The van der Waals surface area contributed by atoms with E-state index in [0.29, 0.717) is 45.6 Å². The van der Waals surface area contributed by atoms with Crippen LogP contribution in [0.2, 0.25) is 0 Å². The number of rotatable bonds is 17. The van der Waals surface area contributed by atoms with Gasteiger partial charge < -0.3 is 40.0 Å². The summed E-state index contributed by atoms with van der Waals surface area (Å²) in [4.78, 5) is 38.4. The highest BCUT2D eigenvalue weighted by atomic mass is 16.6. The molecule has 14 nitrogen and oxygen atoms in total. The van der Waals surface area contributed by atoms with Crippen molar-refractivity contribution < 1.29 is 33.6 Å². The summed E-state index contributed by atoms with van der Waals surface area (Å²) in [7, 11) is 0. The molecule has 0 aliphatic heterocycles. The third-order valence-electron chi connectivity index (χ3n) is 4.61. The molecule has 0 bridgehead atoms. The highest BCUT2D eigenvalue weighted by molar-refractivity contribution is 5.67. The van der Waals surface area contributed by atoms with E-state index in [2.05, 4.69) is 35.8 Å². The van der Waals surface area contributed by atoms with E-state index in [1.54, 1.807) is 41.5 Å². The van der Waals surface area contributed by atoms with Gasteiger partial charge in [0.05, 0.1) is 19.8 Å². The van der Waals surface area contributed by atoms with Gasteiger partial charge in [0.25, 0.3) is 0 Å². The van der Waals surface area contributed by atoms with Crippen LogP contribution in [-0.2, 0) is 9.47 Å². The fourth-order valence-corrected chi connectivity index (χ4v) is 2.92. The maximum Gasteiger partial charge on any atom is 0.407 e. The van der Waals surface area contributed by atoms with Gasteiger partial charge in [0, 0.05) is 32.7 Å². The zero-order valence-electron chi connectivity index (χ0n) is 24.5. The number of carbonyl (C=O) groups is 2. The predicted molar refractivity (Wildman–Crippen MR) is 146 cm³/mol. The molecule has 0 spiro atoms. The summed E-state index contributed by atoms with van der Waals surface area (Å²) >= 11 is 0. The van der Waals surface area contributed by atoms with Crippen molar-refractivity contribution in [2.45, 2.75) is 72.5 Å². The van der Waals surface area contributed by atoms with Crippen LogP contribution < -0.4 is 25.4 Å². The van der Waals surface area contributed by atoms with Crippen LogP contribution in [0.15, 0.2) is 0 Å². The zero-order valence-corrected chi connectivity index (χ0v) is 24.5. The minimum atomic E-state index is -0.566. The number of nitrogens with zero attached hydrogens (tertiary/aromatic N) is 4. The number of hydrogen-bond donors (Lipinski definition) is 4. The van der Waals surface area contributed by atoms with Gasteiger partial charge in [-0.2, -0.15) is 9.97 Å². The third kappa shape index (κ3) is 17.9. The largest absolute Gasteiger partial charge is 0.463 e. The van der Waals surface area contributed by atoms with E-state index in [0.717, 1.165) is 6.54 Å². The van der Waals surface area contributed by atoms with E-state index in [4.69, 9.17) is 24.1 Å². The molecular weight excluding hydrogens is 510 g/mol. The molecule has 1 rings (SSSR count). The minimum absolute atomic E-state index is 0.0781. The molecule has 0 saturated carbocycles. The van der Waals surface area contributed by atoms with Crippen molar-refractivity contribution in [3.8, 4) is 12.0 Å². The number of anilines is 1. The first-order valence-corrected chi connectivity index (χ1v) is 13.3. The average Bonchev–Trinajstić information content (AvgIpc) is 2.80. The van der Waals surface area contributed by atoms with Crippen molar-refractivity contribution in [1.29, 1.82) is 0 Å². The van der Waals surface area contributed by atoms with Crippen molar-refractivity contribution in [2.75, 3.05) is 64.4 Å². The molecule has 0 aliphatic carbocycles. The fraction of sp³-hybridized carbons (Fsp3) is 0.800. The van der Waals surface area contributed by atoms with Gasteiger partial charge in [0.2, 0.25) is 5.95 Å². The summed E-state index contributed by atoms with van der Waals surface area (Å²) in [6.07, 6.45) is 0.0290. The second-order valence-corrected chi connectivity index (χ2v) is 10.6. The lowest BCUT2D eigenvalue weighted by molar-refractivity contribution is 0.0513. The number of aliphatic hydroxyl groups is 1. The van der Waals surface area contributed by atoms with Gasteiger partial charge in [-0.25, -0.2) is 9.59 Å². The predicted octanol–water partition coefficient (Wildman–Crippen LogP) is 2.18. The van der Waals surface area contributed by atoms with E-state index in [9.17, 15) is 9.59 Å². The van der Waals surface area contributed by atoms with Crippen LogP contribution >= 0.6 is 0 Å². The highest BCUT2D eigenvalue weighted by Gasteiger charge is 2.16. The number of aliphatic hydroxyl groups excluding tert-OH is 1. The lowest BCUT2D eigenvalue weighted by Gasteiger charge is -2.19. The van der Waals surface area contributed by atoms with Crippen LogP contribution in [0, 0.1) is 0 Å². The first-order valence-electron chi connectivity index (χ1n) is 13.3. The second-order valence-electron chi connectivity index (χ2n) is 10.6. The molecule has 0 aliphatic rings. The molecule has 1 aromatic heterocycles. The van der Waals surface area contributed by atoms with E-state index in [1.807, 2.05) is 6.92 Å². The Morgan fingerprint density at radius 2 is 1.28 bits per heavy atom. The Hall–Kier alpha value is -3.13. The Bertz CT molecular complexity index is 804. The number of alkyl carbamates (subject to hydrolysis) is 2. The summed E-state index contributed by atoms with van der Waals surface area (Å²) in [5.74, 6) is 0.286. The number of likely N-dealkylation sites (N-methyl/N-ethyl adjacent to an activating group) is 1. The zero-order chi connectivity index (χ0) is 29.3. The summed E-state index contributed by atoms with van der Waals surface area (Å²) in [6.45, 7) is 16.7. The Balaban J connectivity index is 2.63. The van der Waals surface area contributed by atoms with Crippen LogP contribution in [0.4, 0.5) is 15.5 Å². The van der Waals surface area contributed by atoms with E-state index in [1.165, 1.54) is 0 Å². The fourth-order valence-electron chi connectivity index (χ4n) is 2.92. The molecule has 1 aromatic rings. The maximum atomic E-state index is 11.8. The van der Waals surface area contributed by atoms with Gasteiger partial charge in [-0.05, 0) is 60.9 Å². The Labute approximate surface area is 231 Å². The quantitative estimate of drug-likeness (QED) is 0.206. The number of carbonyl (C=O) groups excluding carboxylic acids is 2. The lowest BCUT2D eigenvalue weighted by Crippen LogP contribution is -2.33. The number of aromatic nitrogens is 3. The molecule has 0 aromatic carbocycles. The van der Waals surface area contributed by atoms with Crippen LogP contribution in [0.1, 0.15) is 61.3 Å². The highest BCUT2D eigenvalue weighted by Crippen LogP contribution is 2.14. The number of amides is 2. The van der Waals surface area contributed by atoms with Crippen molar-refractivity contribution in [2.24, 2.45) is 0 Å². The molecular formula is C25H47N7O7. The molecule has 14 heteroatoms. The van der Waals surface area contributed by atoms with Crippen LogP contribution in [0.25, 0.3) is 0 Å². The summed E-state index contributed by atoms with van der Waals surface area (Å²) in [5, 5.41) is 17.6. The van der Waals surface area contributed by atoms with E-state index < -0.39 is 23.4 Å². The SMILES string of the molecule is CCN(CCO)CCNc1nc(OCCCNC(=O)OC(C)(C)C)nc(OCCCNC(=O)OC(C)(C)C)n1. The molecule has 0 saturated heterocycles. The molecule has 4 N–H and O–H groups in total. The van der Waals surface area contributed by atoms with Crippen molar-refractivity contribution in [3.05, 3.63) is 0 Å². The van der Waals surface area contributed by atoms with Gasteiger partial charge in [0.15, 0.2) is 0 Å². The van der Waals surface area contributed by atoms with Gasteiger partial charge in [-0.15, -0.1) is 4.98 Å². The number of nitrogens with one attached hydrogen (secondary N) is 3. The monoisotopic (exact) mass is 557 g/mol. The Morgan fingerprint density at radius 1 is 0.795 bits per heavy atom. The Morgan fingerprint density at radius 3 is 1.69 bits per heavy atom. The standard InChI is InChI=1S/C25H47N7O7/c1-8-32(15-16-33)14-13-26-19-29-20(36-17-9-11-27-22(34)38-24(2,3)4)31-21(30-19)37-18-10-12-28-23(35)39-25(5,6)7/h33H,8-18H2,1-7H3,(H,27,34)(H,28,35)(H,26,29,30,31). The first-order chi connectivity index (χ1) is 18.3. The molecule has 1 heterocycles. The first kappa shape index (κ1) is 33.9.